The van der Waals surface area contributed by atoms with Crippen molar-refractivity contribution in [3.05, 3.63) is 34.3 Å². The molecule has 0 amide bonds. The van der Waals surface area contributed by atoms with E-state index >= 15 is 0 Å². The number of nitrogens with zero attached hydrogens (tertiary/aromatic N) is 2. The summed E-state index contributed by atoms with van der Waals surface area (Å²) in [6.07, 6.45) is 2.33. The molecule has 0 radical (unpaired) electrons. The average molecular weight is 377 g/mol. The zero-order chi connectivity index (χ0) is 19.1. The molecule has 0 saturated heterocycles. The molecular formula is C18H23N3O4S. The quantitative estimate of drug-likeness (QED) is 0.429. The normalized spacial score (nSPS) is 11.0. The zero-order valence-corrected chi connectivity index (χ0v) is 16.3. The predicted molar refractivity (Wildman–Crippen MR) is 103 cm³/mol. The predicted octanol–water partition coefficient (Wildman–Crippen LogP) is 3.73. The minimum Gasteiger partial charge on any atom is -0.493 e. The number of thiazole rings is 1. The van der Waals surface area contributed by atoms with Gasteiger partial charge in [0.15, 0.2) is 11.5 Å². The number of ether oxygens (including phenoxy) is 3. The minimum atomic E-state index is -0.387. The highest BCUT2D eigenvalue weighted by molar-refractivity contribution is 7.17. The monoisotopic (exact) mass is 377 g/mol. The number of hydrogen-bond acceptors (Lipinski definition) is 8. The number of benzene rings is 1. The van der Waals surface area contributed by atoms with Gasteiger partial charge in [-0.05, 0) is 44.0 Å². The van der Waals surface area contributed by atoms with E-state index in [0.717, 1.165) is 5.56 Å². The lowest BCUT2D eigenvalue weighted by Crippen LogP contribution is -2.07. The second-order valence-corrected chi connectivity index (χ2v) is 6.59. The van der Waals surface area contributed by atoms with Crippen molar-refractivity contribution in [3.8, 4) is 11.5 Å². The number of aryl methyl sites for hydroxylation is 1. The number of carbonyl (C=O) groups is 1. The van der Waals surface area contributed by atoms with Gasteiger partial charge in [0, 0.05) is 0 Å². The first-order valence-corrected chi connectivity index (χ1v) is 9.01. The molecule has 1 heterocycles. The van der Waals surface area contributed by atoms with Gasteiger partial charge < -0.3 is 14.2 Å². The molecule has 0 bridgehead atoms. The third kappa shape index (κ3) is 4.95. The Morgan fingerprint density at radius 2 is 2.12 bits per heavy atom. The van der Waals surface area contributed by atoms with Crippen LogP contribution >= 0.6 is 11.3 Å². The van der Waals surface area contributed by atoms with Crippen LogP contribution in [0.25, 0.3) is 0 Å². The maximum atomic E-state index is 11.7. The van der Waals surface area contributed by atoms with Crippen LogP contribution in [0.4, 0.5) is 5.13 Å². The summed E-state index contributed by atoms with van der Waals surface area (Å²) in [6, 6.07) is 5.55. The molecule has 0 aliphatic carbocycles. The molecule has 0 fully saturated rings. The van der Waals surface area contributed by atoms with Crippen molar-refractivity contribution in [3.63, 3.8) is 0 Å². The van der Waals surface area contributed by atoms with Crippen LogP contribution < -0.4 is 14.9 Å². The van der Waals surface area contributed by atoms with Crippen LogP contribution in [-0.4, -0.2) is 37.5 Å². The van der Waals surface area contributed by atoms with E-state index in [2.05, 4.69) is 15.5 Å². The van der Waals surface area contributed by atoms with E-state index in [1.54, 1.807) is 13.3 Å². The third-order valence-electron chi connectivity index (χ3n) is 3.33. The number of hydrazone groups is 1. The highest BCUT2D eigenvalue weighted by Crippen LogP contribution is 2.28. The Morgan fingerprint density at radius 1 is 1.35 bits per heavy atom. The standard InChI is InChI=1S/C18H23N3O4S/c1-6-13-16(17(22)24-5)26-18(20-13)21-19-10-12-7-8-14(23-4)15(9-12)25-11(2)3/h7-11H,6H2,1-5H3,(H,20,21)/b19-10-. The van der Waals surface area contributed by atoms with Crippen molar-refractivity contribution < 1.29 is 19.0 Å². The highest BCUT2D eigenvalue weighted by atomic mass is 32.1. The van der Waals surface area contributed by atoms with E-state index in [0.29, 0.717) is 33.6 Å². The van der Waals surface area contributed by atoms with E-state index in [1.807, 2.05) is 39.0 Å². The highest BCUT2D eigenvalue weighted by Gasteiger charge is 2.17. The molecule has 2 aromatic rings. The lowest BCUT2D eigenvalue weighted by atomic mass is 10.2. The van der Waals surface area contributed by atoms with Crippen molar-refractivity contribution in [1.29, 1.82) is 0 Å². The van der Waals surface area contributed by atoms with Crippen molar-refractivity contribution in [1.82, 2.24) is 4.98 Å². The molecule has 0 unspecified atom stereocenters. The molecule has 0 spiro atoms. The minimum absolute atomic E-state index is 0.0359. The van der Waals surface area contributed by atoms with E-state index < -0.39 is 0 Å². The van der Waals surface area contributed by atoms with Crippen molar-refractivity contribution >= 4 is 28.7 Å². The molecule has 0 aliphatic rings. The topological polar surface area (TPSA) is 82.0 Å². The third-order valence-corrected chi connectivity index (χ3v) is 4.31. The summed E-state index contributed by atoms with van der Waals surface area (Å²) in [7, 11) is 2.96. The number of carbonyl (C=O) groups excluding carboxylic acids is 1. The number of nitrogens with one attached hydrogen (secondary N) is 1. The van der Waals surface area contributed by atoms with Crippen molar-refractivity contribution in [2.24, 2.45) is 5.10 Å². The summed E-state index contributed by atoms with van der Waals surface area (Å²) in [6.45, 7) is 5.84. The Labute approximate surface area is 157 Å². The van der Waals surface area contributed by atoms with Gasteiger partial charge in [-0.2, -0.15) is 5.10 Å². The number of methoxy groups -OCH3 is 2. The SMILES string of the molecule is CCc1nc(N/N=C\c2ccc(OC)c(OC(C)C)c2)sc1C(=O)OC. The van der Waals surface area contributed by atoms with Crippen LogP contribution in [0, 0.1) is 0 Å². The molecule has 2 rings (SSSR count). The molecule has 0 aliphatic heterocycles. The Morgan fingerprint density at radius 3 is 2.73 bits per heavy atom. The first-order valence-electron chi connectivity index (χ1n) is 8.20. The van der Waals surface area contributed by atoms with Crippen LogP contribution in [0.15, 0.2) is 23.3 Å². The first-order chi connectivity index (χ1) is 12.5. The molecular weight excluding hydrogens is 354 g/mol. The molecule has 26 heavy (non-hydrogen) atoms. The Balaban J connectivity index is 2.13. The average Bonchev–Trinajstić information content (AvgIpc) is 3.04. The van der Waals surface area contributed by atoms with Crippen LogP contribution in [0.3, 0.4) is 0 Å². The summed E-state index contributed by atoms with van der Waals surface area (Å²) >= 11 is 1.21. The van der Waals surface area contributed by atoms with Gasteiger partial charge in [0.25, 0.3) is 0 Å². The number of esters is 1. The van der Waals surface area contributed by atoms with Gasteiger partial charge in [-0.1, -0.05) is 18.3 Å². The Kier molecular flexibility index (Phi) is 6.97. The lowest BCUT2D eigenvalue weighted by Gasteiger charge is -2.13. The molecule has 140 valence electrons. The van der Waals surface area contributed by atoms with Gasteiger partial charge in [-0.3, -0.25) is 5.43 Å². The van der Waals surface area contributed by atoms with E-state index in [1.165, 1.54) is 18.4 Å². The number of aromatic nitrogens is 1. The summed E-state index contributed by atoms with van der Waals surface area (Å²) in [5.74, 6) is 0.933. The molecule has 7 nitrogen and oxygen atoms in total. The largest absolute Gasteiger partial charge is 0.493 e. The van der Waals surface area contributed by atoms with Crippen LogP contribution in [0.5, 0.6) is 11.5 Å². The molecule has 1 N–H and O–H groups in total. The van der Waals surface area contributed by atoms with Gasteiger partial charge in [-0.15, -0.1) is 0 Å². The molecule has 1 aromatic carbocycles. The molecule has 0 atom stereocenters. The van der Waals surface area contributed by atoms with Crippen LogP contribution in [0.1, 0.15) is 41.7 Å². The smallest absolute Gasteiger partial charge is 0.350 e. The van der Waals surface area contributed by atoms with Gasteiger partial charge in [-0.25, -0.2) is 9.78 Å². The van der Waals surface area contributed by atoms with Gasteiger partial charge in [0.05, 0.1) is 32.2 Å². The number of rotatable bonds is 8. The summed E-state index contributed by atoms with van der Waals surface area (Å²) in [4.78, 5) is 16.6. The summed E-state index contributed by atoms with van der Waals surface area (Å²) in [5, 5.41) is 4.72. The van der Waals surface area contributed by atoms with Crippen LogP contribution in [-0.2, 0) is 11.2 Å². The zero-order valence-electron chi connectivity index (χ0n) is 15.5. The van der Waals surface area contributed by atoms with E-state index in [4.69, 9.17) is 14.2 Å². The first kappa shape index (κ1) is 19.7. The van der Waals surface area contributed by atoms with Crippen molar-refractivity contribution in [2.45, 2.75) is 33.3 Å². The summed E-state index contributed by atoms with van der Waals surface area (Å²) in [5.41, 5.74) is 4.39. The fraction of sp³-hybridized carbons (Fsp3) is 0.389. The Bertz CT molecular complexity index is 787. The van der Waals surface area contributed by atoms with Crippen molar-refractivity contribution in [2.75, 3.05) is 19.6 Å². The summed E-state index contributed by atoms with van der Waals surface area (Å²) < 4.78 is 15.8. The van der Waals surface area contributed by atoms with Gasteiger partial charge >= 0.3 is 5.97 Å². The van der Waals surface area contributed by atoms with Gasteiger partial charge in [0.1, 0.15) is 4.88 Å². The molecule has 1 aromatic heterocycles. The number of hydrogen-bond donors (Lipinski definition) is 1. The molecule has 8 heteroatoms. The number of anilines is 1. The van der Waals surface area contributed by atoms with Gasteiger partial charge in [0.2, 0.25) is 5.13 Å². The lowest BCUT2D eigenvalue weighted by molar-refractivity contribution is 0.0605. The van der Waals surface area contributed by atoms with E-state index in [9.17, 15) is 4.79 Å². The van der Waals surface area contributed by atoms with Crippen LogP contribution in [0.2, 0.25) is 0 Å². The fourth-order valence-corrected chi connectivity index (χ4v) is 3.10. The fourth-order valence-electron chi connectivity index (χ4n) is 2.17. The second-order valence-electron chi connectivity index (χ2n) is 5.59. The molecule has 0 saturated carbocycles. The maximum Gasteiger partial charge on any atom is 0.350 e. The maximum absolute atomic E-state index is 11.7. The Hall–Kier alpha value is -2.61. The second kappa shape index (κ2) is 9.19. The van der Waals surface area contributed by atoms with E-state index in [-0.39, 0.29) is 12.1 Å².